The zero-order valence-corrected chi connectivity index (χ0v) is 10.1. The maximum atomic E-state index is 5.80. The van der Waals surface area contributed by atoms with Gasteiger partial charge in [0.15, 0.2) is 0 Å². The van der Waals surface area contributed by atoms with E-state index in [0.29, 0.717) is 6.54 Å². The number of hydrogen-bond donors (Lipinski definition) is 1. The zero-order valence-electron chi connectivity index (χ0n) is 10.1. The van der Waals surface area contributed by atoms with E-state index in [2.05, 4.69) is 50.0 Å². The van der Waals surface area contributed by atoms with Crippen LogP contribution in [0.2, 0.25) is 0 Å². The van der Waals surface area contributed by atoms with Gasteiger partial charge in [-0.05, 0) is 36.2 Å². The Morgan fingerprint density at radius 3 is 2.69 bits per heavy atom. The fraction of sp³-hybridized carbons (Fsp3) is 0.357. The predicted molar refractivity (Wildman–Crippen MR) is 68.6 cm³/mol. The molecule has 0 amide bonds. The number of rotatable bonds is 2. The van der Waals surface area contributed by atoms with E-state index in [1.165, 1.54) is 16.5 Å². The minimum Gasteiger partial charge on any atom is -0.330 e. The van der Waals surface area contributed by atoms with Gasteiger partial charge >= 0.3 is 0 Å². The summed E-state index contributed by atoms with van der Waals surface area (Å²) in [6, 6.07) is 8.56. The third-order valence-corrected chi connectivity index (χ3v) is 3.11. The van der Waals surface area contributed by atoms with Crippen LogP contribution in [0.15, 0.2) is 30.5 Å². The van der Waals surface area contributed by atoms with Gasteiger partial charge in [-0.15, -0.1) is 0 Å². The minimum absolute atomic E-state index is 0.0257. The molecule has 2 aromatic rings. The first-order valence-corrected chi connectivity index (χ1v) is 5.60. The maximum Gasteiger partial charge on any atom is 0.0702 e. The van der Waals surface area contributed by atoms with Crippen LogP contribution in [-0.4, -0.2) is 11.5 Å². The maximum absolute atomic E-state index is 5.80. The lowest BCUT2D eigenvalue weighted by atomic mass is 9.84. The molecule has 2 heteroatoms. The second-order valence-corrected chi connectivity index (χ2v) is 5.01. The third-order valence-electron chi connectivity index (χ3n) is 3.11. The van der Waals surface area contributed by atoms with Crippen LogP contribution >= 0.6 is 0 Å². The number of aromatic nitrogens is 1. The van der Waals surface area contributed by atoms with E-state index < -0.39 is 0 Å². The number of nitrogens with two attached hydrogens (primary N) is 1. The topological polar surface area (TPSA) is 38.9 Å². The summed E-state index contributed by atoms with van der Waals surface area (Å²) in [5, 5.41) is 1.19. The molecule has 0 aliphatic carbocycles. The van der Waals surface area contributed by atoms with E-state index >= 15 is 0 Å². The molecular weight excluding hydrogens is 196 g/mol. The summed E-state index contributed by atoms with van der Waals surface area (Å²) < 4.78 is 0. The molecule has 0 unspecified atom stereocenters. The molecule has 16 heavy (non-hydrogen) atoms. The molecule has 0 fully saturated rings. The number of fused-ring (bicyclic) bond motifs is 1. The Hall–Kier alpha value is -1.41. The lowest BCUT2D eigenvalue weighted by Crippen LogP contribution is -2.27. The van der Waals surface area contributed by atoms with Crippen molar-refractivity contribution in [2.75, 3.05) is 6.54 Å². The Morgan fingerprint density at radius 2 is 2.00 bits per heavy atom. The summed E-state index contributed by atoms with van der Waals surface area (Å²) in [5.74, 6) is 0. The van der Waals surface area contributed by atoms with Crippen molar-refractivity contribution in [3.05, 3.63) is 41.6 Å². The molecule has 0 saturated carbocycles. The Kier molecular flexibility index (Phi) is 2.68. The van der Waals surface area contributed by atoms with Gasteiger partial charge in [-0.3, -0.25) is 4.98 Å². The Bertz CT molecular complexity index is 515. The lowest BCUT2D eigenvalue weighted by molar-refractivity contribution is 0.540. The van der Waals surface area contributed by atoms with Crippen molar-refractivity contribution in [3.63, 3.8) is 0 Å². The normalized spacial score (nSPS) is 12.0. The van der Waals surface area contributed by atoms with Crippen molar-refractivity contribution in [2.45, 2.75) is 26.2 Å². The molecule has 1 aromatic carbocycles. The van der Waals surface area contributed by atoms with Gasteiger partial charge in [-0.2, -0.15) is 0 Å². The van der Waals surface area contributed by atoms with Crippen LogP contribution in [0.4, 0.5) is 0 Å². The van der Waals surface area contributed by atoms with E-state index in [9.17, 15) is 0 Å². The van der Waals surface area contributed by atoms with Crippen LogP contribution in [0.25, 0.3) is 10.9 Å². The number of benzene rings is 1. The van der Waals surface area contributed by atoms with Crippen LogP contribution in [-0.2, 0) is 5.41 Å². The molecule has 2 nitrogen and oxygen atoms in total. The Morgan fingerprint density at radius 1 is 1.25 bits per heavy atom. The highest BCUT2D eigenvalue weighted by atomic mass is 14.6. The summed E-state index contributed by atoms with van der Waals surface area (Å²) in [7, 11) is 0. The van der Waals surface area contributed by atoms with Crippen molar-refractivity contribution >= 4 is 10.9 Å². The van der Waals surface area contributed by atoms with Crippen LogP contribution in [0.3, 0.4) is 0 Å². The van der Waals surface area contributed by atoms with Gasteiger partial charge in [-0.25, -0.2) is 0 Å². The molecule has 1 heterocycles. The van der Waals surface area contributed by atoms with Crippen molar-refractivity contribution in [1.82, 2.24) is 4.98 Å². The molecule has 2 N–H and O–H groups in total. The molecule has 2 rings (SSSR count). The van der Waals surface area contributed by atoms with Crippen molar-refractivity contribution in [1.29, 1.82) is 0 Å². The summed E-state index contributed by atoms with van der Waals surface area (Å²) >= 11 is 0. The van der Waals surface area contributed by atoms with Gasteiger partial charge < -0.3 is 5.73 Å². The van der Waals surface area contributed by atoms with Gasteiger partial charge in [0, 0.05) is 23.5 Å². The van der Waals surface area contributed by atoms with Gasteiger partial charge in [0.2, 0.25) is 0 Å². The predicted octanol–water partition coefficient (Wildman–Crippen LogP) is 2.78. The van der Waals surface area contributed by atoms with E-state index in [4.69, 9.17) is 5.73 Å². The molecule has 0 spiro atoms. The standard InChI is InChI=1S/C14H18N2/c1-10-6-11-7-12(14(2,3)9-15)4-5-13(11)16-8-10/h4-8H,9,15H2,1-3H3. The van der Waals surface area contributed by atoms with E-state index in [-0.39, 0.29) is 5.41 Å². The first-order valence-electron chi connectivity index (χ1n) is 5.60. The van der Waals surface area contributed by atoms with Crippen molar-refractivity contribution in [2.24, 2.45) is 5.73 Å². The largest absolute Gasteiger partial charge is 0.330 e. The first-order chi connectivity index (χ1) is 7.53. The van der Waals surface area contributed by atoms with Crippen molar-refractivity contribution in [3.8, 4) is 0 Å². The molecule has 0 aliphatic heterocycles. The summed E-state index contributed by atoms with van der Waals surface area (Å²) in [6.45, 7) is 7.04. The fourth-order valence-corrected chi connectivity index (χ4v) is 1.78. The average molecular weight is 214 g/mol. The second kappa shape index (κ2) is 3.87. The third kappa shape index (κ3) is 1.93. The molecule has 84 valence electrons. The van der Waals surface area contributed by atoms with E-state index in [1.807, 2.05) is 6.20 Å². The highest BCUT2D eigenvalue weighted by molar-refractivity contribution is 5.80. The average Bonchev–Trinajstić information content (AvgIpc) is 2.28. The quantitative estimate of drug-likeness (QED) is 0.835. The number of nitrogens with zero attached hydrogens (tertiary/aromatic N) is 1. The molecular formula is C14H18N2. The SMILES string of the molecule is Cc1cnc2ccc(C(C)(C)CN)cc2c1. The monoisotopic (exact) mass is 214 g/mol. The number of pyridine rings is 1. The summed E-state index contributed by atoms with van der Waals surface area (Å²) in [6.07, 6.45) is 1.90. The zero-order chi connectivity index (χ0) is 11.8. The minimum atomic E-state index is 0.0257. The van der Waals surface area contributed by atoms with Gasteiger partial charge in [0.1, 0.15) is 0 Å². The smallest absolute Gasteiger partial charge is 0.0702 e. The first kappa shape index (κ1) is 11.1. The highest BCUT2D eigenvalue weighted by Crippen LogP contribution is 2.25. The highest BCUT2D eigenvalue weighted by Gasteiger charge is 2.18. The fourth-order valence-electron chi connectivity index (χ4n) is 1.78. The molecule has 1 aromatic heterocycles. The van der Waals surface area contributed by atoms with Gasteiger partial charge in [0.05, 0.1) is 5.52 Å². The Labute approximate surface area is 96.5 Å². The molecule has 0 radical (unpaired) electrons. The Balaban J connectivity index is 2.59. The molecule has 0 saturated heterocycles. The van der Waals surface area contributed by atoms with Crippen LogP contribution < -0.4 is 5.73 Å². The van der Waals surface area contributed by atoms with Gasteiger partial charge in [0.25, 0.3) is 0 Å². The number of aryl methyl sites for hydroxylation is 1. The molecule has 0 bridgehead atoms. The van der Waals surface area contributed by atoms with Crippen LogP contribution in [0, 0.1) is 6.92 Å². The molecule has 0 atom stereocenters. The van der Waals surface area contributed by atoms with Crippen molar-refractivity contribution < 1.29 is 0 Å². The van der Waals surface area contributed by atoms with Crippen LogP contribution in [0.5, 0.6) is 0 Å². The molecule has 0 aliphatic rings. The lowest BCUT2D eigenvalue weighted by Gasteiger charge is -2.23. The number of hydrogen-bond acceptors (Lipinski definition) is 2. The van der Waals surface area contributed by atoms with Crippen LogP contribution in [0.1, 0.15) is 25.0 Å². The summed E-state index contributed by atoms with van der Waals surface area (Å²) in [5.41, 5.74) is 9.33. The van der Waals surface area contributed by atoms with E-state index in [0.717, 1.165) is 5.52 Å². The van der Waals surface area contributed by atoms with E-state index in [1.54, 1.807) is 0 Å². The summed E-state index contributed by atoms with van der Waals surface area (Å²) in [4.78, 5) is 4.40. The second-order valence-electron chi connectivity index (χ2n) is 5.01. The van der Waals surface area contributed by atoms with Gasteiger partial charge in [-0.1, -0.05) is 19.9 Å².